The highest BCUT2D eigenvalue weighted by Gasteiger charge is 2.05. The third kappa shape index (κ3) is 7.11. The van der Waals surface area contributed by atoms with Crippen LogP contribution in [0.2, 0.25) is 0 Å². The van der Waals surface area contributed by atoms with E-state index in [0.29, 0.717) is 11.4 Å². The van der Waals surface area contributed by atoms with E-state index in [1.165, 1.54) is 5.56 Å². The van der Waals surface area contributed by atoms with Gasteiger partial charge in [0.1, 0.15) is 11.6 Å². The zero-order valence-electron chi connectivity index (χ0n) is 15.2. The van der Waals surface area contributed by atoms with Crippen molar-refractivity contribution in [2.24, 2.45) is 0 Å². The van der Waals surface area contributed by atoms with Crippen LogP contribution in [0, 0.1) is 0 Å². The van der Waals surface area contributed by atoms with Gasteiger partial charge in [-0.1, -0.05) is 19.1 Å². The summed E-state index contributed by atoms with van der Waals surface area (Å²) in [5.41, 5.74) is 1.80. The number of hydrogen-bond acceptors (Lipinski definition) is 5. The fourth-order valence-corrected chi connectivity index (χ4v) is 2.40. The van der Waals surface area contributed by atoms with Gasteiger partial charge in [-0.25, -0.2) is 4.98 Å². The Morgan fingerprint density at radius 2 is 2.08 bits per heavy atom. The van der Waals surface area contributed by atoms with Crippen molar-refractivity contribution in [2.45, 2.75) is 32.6 Å². The number of anilines is 2. The Kier molecular flexibility index (Phi) is 8.42. The van der Waals surface area contributed by atoms with Gasteiger partial charge in [0, 0.05) is 13.2 Å². The molecule has 1 aromatic carbocycles. The summed E-state index contributed by atoms with van der Waals surface area (Å²) >= 11 is 0. The van der Waals surface area contributed by atoms with Gasteiger partial charge in [-0.2, -0.15) is 0 Å². The number of aliphatic hydroxyl groups excluding tert-OH is 1. The monoisotopic (exact) mass is 357 g/mol. The summed E-state index contributed by atoms with van der Waals surface area (Å²) in [6, 6.07) is 11.4. The molecule has 6 heteroatoms. The number of nitrogens with zero attached hydrogens (tertiary/aromatic N) is 1. The third-order valence-corrected chi connectivity index (χ3v) is 3.86. The van der Waals surface area contributed by atoms with Crippen molar-refractivity contribution in [1.29, 1.82) is 0 Å². The van der Waals surface area contributed by atoms with Crippen LogP contribution in [0.25, 0.3) is 0 Å². The van der Waals surface area contributed by atoms with Crippen molar-refractivity contribution in [3.63, 3.8) is 0 Å². The van der Waals surface area contributed by atoms with Gasteiger partial charge in [0.05, 0.1) is 11.9 Å². The van der Waals surface area contributed by atoms with Crippen molar-refractivity contribution in [3.05, 3.63) is 48.2 Å². The van der Waals surface area contributed by atoms with E-state index in [0.717, 1.165) is 38.0 Å². The quantitative estimate of drug-likeness (QED) is 0.538. The molecule has 26 heavy (non-hydrogen) atoms. The van der Waals surface area contributed by atoms with Crippen molar-refractivity contribution in [2.75, 3.05) is 30.4 Å². The number of hydrogen-bond donors (Lipinski definition) is 3. The average Bonchev–Trinajstić information content (AvgIpc) is 2.68. The highest BCUT2D eigenvalue weighted by Crippen LogP contribution is 2.14. The van der Waals surface area contributed by atoms with Crippen molar-refractivity contribution >= 4 is 17.4 Å². The fraction of sp³-hybridized carbons (Fsp3) is 0.400. The minimum absolute atomic E-state index is 0.0436. The first-order valence-corrected chi connectivity index (χ1v) is 9.03. The van der Waals surface area contributed by atoms with E-state index in [1.807, 2.05) is 30.3 Å². The van der Waals surface area contributed by atoms with E-state index < -0.39 is 0 Å². The number of carbonyl (C=O) groups excluding carboxylic acids is 1. The van der Waals surface area contributed by atoms with E-state index in [2.05, 4.69) is 22.5 Å². The minimum Gasteiger partial charge on any atom is -0.484 e. The number of aryl methyl sites for hydroxylation is 1. The van der Waals surface area contributed by atoms with Crippen LogP contribution < -0.4 is 15.4 Å². The van der Waals surface area contributed by atoms with Gasteiger partial charge in [0.15, 0.2) is 6.61 Å². The third-order valence-electron chi connectivity index (χ3n) is 3.86. The Balaban J connectivity index is 1.72. The first-order chi connectivity index (χ1) is 12.7. The van der Waals surface area contributed by atoms with E-state index in [1.54, 1.807) is 12.3 Å². The highest BCUT2D eigenvalue weighted by molar-refractivity contribution is 5.91. The van der Waals surface area contributed by atoms with Crippen LogP contribution in [-0.2, 0) is 11.2 Å². The number of unbranched alkanes of at least 4 members (excludes halogenated alkanes) is 2. The van der Waals surface area contributed by atoms with Crippen LogP contribution in [0.1, 0.15) is 31.7 Å². The lowest BCUT2D eigenvalue weighted by Crippen LogP contribution is -2.20. The second kappa shape index (κ2) is 11.1. The summed E-state index contributed by atoms with van der Waals surface area (Å²) in [7, 11) is 0. The Labute approximate surface area is 154 Å². The summed E-state index contributed by atoms with van der Waals surface area (Å²) in [5, 5.41) is 14.7. The van der Waals surface area contributed by atoms with E-state index in [4.69, 9.17) is 9.84 Å². The Morgan fingerprint density at radius 3 is 2.81 bits per heavy atom. The Morgan fingerprint density at radius 1 is 1.19 bits per heavy atom. The number of benzene rings is 1. The molecule has 6 nitrogen and oxygen atoms in total. The molecule has 2 aromatic rings. The molecule has 0 atom stereocenters. The molecule has 2 rings (SSSR count). The molecule has 1 heterocycles. The molecule has 0 saturated heterocycles. The van der Waals surface area contributed by atoms with Crippen LogP contribution in [0.5, 0.6) is 5.75 Å². The predicted molar refractivity (Wildman–Crippen MR) is 104 cm³/mol. The molecular weight excluding hydrogens is 330 g/mol. The smallest absolute Gasteiger partial charge is 0.262 e. The molecule has 0 saturated carbocycles. The second-order valence-corrected chi connectivity index (χ2v) is 5.98. The molecule has 0 spiro atoms. The number of carbonyl (C=O) groups is 1. The normalized spacial score (nSPS) is 10.4. The van der Waals surface area contributed by atoms with Gasteiger partial charge < -0.3 is 20.5 Å². The van der Waals surface area contributed by atoms with Crippen molar-refractivity contribution in [1.82, 2.24) is 4.98 Å². The summed E-state index contributed by atoms with van der Waals surface area (Å²) in [4.78, 5) is 16.3. The maximum atomic E-state index is 12.0. The maximum absolute atomic E-state index is 12.0. The van der Waals surface area contributed by atoms with Crippen LogP contribution >= 0.6 is 0 Å². The van der Waals surface area contributed by atoms with Gasteiger partial charge in [-0.3, -0.25) is 4.79 Å². The number of aliphatic hydroxyl groups is 1. The number of ether oxygens (including phenoxy) is 1. The molecule has 0 unspecified atom stereocenters. The van der Waals surface area contributed by atoms with E-state index >= 15 is 0 Å². The fourth-order valence-electron chi connectivity index (χ4n) is 2.40. The van der Waals surface area contributed by atoms with Gasteiger partial charge in [-0.15, -0.1) is 0 Å². The number of nitrogens with one attached hydrogen (secondary N) is 2. The van der Waals surface area contributed by atoms with Crippen LogP contribution in [0.15, 0.2) is 42.6 Å². The van der Waals surface area contributed by atoms with E-state index in [-0.39, 0.29) is 19.1 Å². The largest absolute Gasteiger partial charge is 0.484 e. The number of aromatic nitrogens is 1. The first-order valence-electron chi connectivity index (χ1n) is 9.03. The summed E-state index contributed by atoms with van der Waals surface area (Å²) in [6.45, 7) is 3.08. The van der Waals surface area contributed by atoms with Gasteiger partial charge in [0.2, 0.25) is 0 Å². The molecular formula is C20H27N3O3. The zero-order valence-corrected chi connectivity index (χ0v) is 15.2. The topological polar surface area (TPSA) is 83.5 Å². The summed E-state index contributed by atoms with van der Waals surface area (Å²) in [5.74, 6) is 1.23. The first kappa shape index (κ1) is 19.7. The minimum atomic E-state index is -0.224. The molecule has 0 radical (unpaired) electrons. The lowest BCUT2D eigenvalue weighted by molar-refractivity contribution is -0.118. The van der Waals surface area contributed by atoms with Gasteiger partial charge in [0.25, 0.3) is 5.91 Å². The molecule has 3 N–H and O–H groups in total. The van der Waals surface area contributed by atoms with Crippen LogP contribution in [0.3, 0.4) is 0 Å². The highest BCUT2D eigenvalue weighted by atomic mass is 16.5. The van der Waals surface area contributed by atoms with Gasteiger partial charge in [-0.05, 0) is 55.5 Å². The van der Waals surface area contributed by atoms with Crippen molar-refractivity contribution in [3.8, 4) is 5.75 Å². The van der Waals surface area contributed by atoms with Gasteiger partial charge >= 0.3 is 0 Å². The molecule has 1 amide bonds. The maximum Gasteiger partial charge on any atom is 0.262 e. The average molecular weight is 357 g/mol. The number of rotatable bonds is 11. The zero-order chi connectivity index (χ0) is 18.6. The predicted octanol–water partition coefficient (Wildman–Crippen LogP) is 3.24. The lowest BCUT2D eigenvalue weighted by atomic mass is 10.2. The Hall–Kier alpha value is -2.60. The van der Waals surface area contributed by atoms with Crippen LogP contribution in [-0.4, -0.2) is 35.8 Å². The SMILES string of the molecule is CCc1cccc(OCC(=O)Nc2ccc(NCCCCCO)nc2)c1. The second-order valence-electron chi connectivity index (χ2n) is 5.98. The molecule has 0 aliphatic heterocycles. The molecule has 0 bridgehead atoms. The summed E-state index contributed by atoms with van der Waals surface area (Å²) < 4.78 is 5.53. The molecule has 0 aliphatic carbocycles. The molecule has 1 aromatic heterocycles. The Bertz CT molecular complexity index is 674. The number of amides is 1. The van der Waals surface area contributed by atoms with Crippen LogP contribution in [0.4, 0.5) is 11.5 Å². The van der Waals surface area contributed by atoms with Crippen molar-refractivity contribution < 1.29 is 14.6 Å². The molecule has 140 valence electrons. The number of pyridine rings is 1. The lowest BCUT2D eigenvalue weighted by Gasteiger charge is -2.09. The standard InChI is InChI=1S/C20H27N3O3/c1-2-16-7-6-8-18(13-16)26-15-20(25)23-17-9-10-19(22-14-17)21-11-4-3-5-12-24/h6-10,13-14,24H,2-5,11-12,15H2,1H3,(H,21,22)(H,23,25). The molecule has 0 fully saturated rings. The summed E-state index contributed by atoms with van der Waals surface area (Å²) in [6.07, 6.45) is 5.34. The molecule has 0 aliphatic rings. The van der Waals surface area contributed by atoms with E-state index in [9.17, 15) is 4.79 Å².